The van der Waals surface area contributed by atoms with Crippen molar-refractivity contribution in [3.8, 4) is 0 Å². The second-order valence-corrected chi connectivity index (χ2v) is 15.1. The Labute approximate surface area is 211 Å². The summed E-state index contributed by atoms with van der Waals surface area (Å²) in [7, 11) is 0. The second-order valence-electron chi connectivity index (χ2n) is 15.1. The monoisotopic (exact) mass is 488 g/mol. The van der Waals surface area contributed by atoms with Gasteiger partial charge < -0.3 is 25.2 Å². The predicted molar refractivity (Wildman–Crippen MR) is 135 cm³/mol. The van der Waals surface area contributed by atoms with E-state index in [-0.39, 0.29) is 33.7 Å². The van der Waals surface area contributed by atoms with Crippen molar-refractivity contribution in [3.05, 3.63) is 11.6 Å². The van der Waals surface area contributed by atoms with Gasteiger partial charge in [0.2, 0.25) is 0 Å². The Kier molecular flexibility index (Phi) is 5.49. The highest BCUT2D eigenvalue weighted by atomic mass is 16.3. The molecule has 5 nitrogen and oxygen atoms in total. The molecular formula is C30H48O5. The minimum absolute atomic E-state index is 0.0537. The molecule has 11 atom stereocenters. The molecule has 5 aliphatic rings. The lowest BCUT2D eigenvalue weighted by Crippen LogP contribution is -2.71. The van der Waals surface area contributed by atoms with E-state index in [0.717, 1.165) is 38.4 Å². The van der Waals surface area contributed by atoms with E-state index < -0.39 is 29.1 Å². The van der Waals surface area contributed by atoms with Gasteiger partial charge in [-0.25, -0.2) is 0 Å². The zero-order valence-electron chi connectivity index (χ0n) is 22.8. The highest BCUT2D eigenvalue weighted by Crippen LogP contribution is 2.75. The Morgan fingerprint density at radius 3 is 2.11 bits per heavy atom. The van der Waals surface area contributed by atoms with Crippen LogP contribution < -0.4 is 0 Å². The molecule has 4 fully saturated rings. The lowest BCUT2D eigenvalue weighted by Gasteiger charge is -2.72. The predicted octanol–water partition coefficient (Wildman–Crippen LogP) is 4.26. The molecule has 0 amide bonds. The summed E-state index contributed by atoms with van der Waals surface area (Å²) in [5.74, 6) is 0.593. The summed E-state index contributed by atoms with van der Waals surface area (Å²) in [6.45, 7) is 15.6. The average Bonchev–Trinajstić information content (AvgIpc) is 2.76. The highest BCUT2D eigenvalue weighted by molar-refractivity contribution is 5.66. The topological polar surface area (TPSA) is 98.0 Å². The van der Waals surface area contributed by atoms with Crippen LogP contribution in [0.25, 0.3) is 0 Å². The first-order valence-electron chi connectivity index (χ1n) is 13.9. The summed E-state index contributed by atoms with van der Waals surface area (Å²) in [5.41, 5.74) is -1.05. The molecule has 4 N–H and O–H groups in total. The Morgan fingerprint density at radius 2 is 1.49 bits per heavy atom. The minimum Gasteiger partial charge on any atom is -0.393 e. The number of fused-ring (bicyclic) bond motifs is 7. The molecule has 5 heteroatoms. The molecule has 0 saturated heterocycles. The Bertz CT molecular complexity index is 939. The van der Waals surface area contributed by atoms with E-state index in [9.17, 15) is 25.2 Å². The van der Waals surface area contributed by atoms with Crippen molar-refractivity contribution in [2.75, 3.05) is 0 Å². The number of hydrogen-bond donors (Lipinski definition) is 4. The van der Waals surface area contributed by atoms with E-state index >= 15 is 0 Å². The molecule has 11 unspecified atom stereocenters. The standard InChI is InChI=1S/C30H48O5/c1-25(2)14-18-17-8-9-20-27(5)12-11-21(32)26(3,4)19(27)10-13-28(20,6)29(17,7)15-22(33)30(18,16-31)24(35)23(25)34/h8,16,18-24,32-35H,9-15H2,1-7H3. The zero-order chi connectivity index (χ0) is 26.0. The lowest BCUT2D eigenvalue weighted by atomic mass is 9.33. The number of allylic oxidation sites excluding steroid dienone is 2. The van der Waals surface area contributed by atoms with Crippen LogP contribution in [-0.4, -0.2) is 51.1 Å². The van der Waals surface area contributed by atoms with Crippen LogP contribution in [0, 0.1) is 50.2 Å². The van der Waals surface area contributed by atoms with Crippen molar-refractivity contribution in [2.24, 2.45) is 50.2 Å². The van der Waals surface area contributed by atoms with Gasteiger partial charge in [0, 0.05) is 0 Å². The van der Waals surface area contributed by atoms with Crippen LogP contribution in [0.1, 0.15) is 93.4 Å². The number of aliphatic hydroxyl groups is 4. The molecule has 0 aromatic rings. The molecule has 0 bridgehead atoms. The van der Waals surface area contributed by atoms with Gasteiger partial charge in [0.25, 0.3) is 0 Å². The van der Waals surface area contributed by atoms with Gasteiger partial charge in [0.1, 0.15) is 6.29 Å². The Hall–Kier alpha value is -0.750. The molecule has 0 spiro atoms. The van der Waals surface area contributed by atoms with Crippen LogP contribution >= 0.6 is 0 Å². The van der Waals surface area contributed by atoms with Crippen LogP contribution in [-0.2, 0) is 4.79 Å². The quantitative estimate of drug-likeness (QED) is 0.327. The molecule has 0 aromatic heterocycles. The Morgan fingerprint density at radius 1 is 0.829 bits per heavy atom. The molecule has 5 aliphatic carbocycles. The summed E-state index contributed by atoms with van der Waals surface area (Å²) < 4.78 is 0. The van der Waals surface area contributed by atoms with Crippen molar-refractivity contribution in [1.82, 2.24) is 0 Å². The summed E-state index contributed by atoms with van der Waals surface area (Å²) in [6, 6.07) is 0. The molecule has 0 radical (unpaired) electrons. The lowest BCUT2D eigenvalue weighted by molar-refractivity contribution is -0.239. The summed E-state index contributed by atoms with van der Waals surface area (Å²) in [4.78, 5) is 12.7. The van der Waals surface area contributed by atoms with E-state index in [2.05, 4.69) is 40.7 Å². The highest BCUT2D eigenvalue weighted by Gasteiger charge is 2.72. The first-order valence-corrected chi connectivity index (χ1v) is 13.9. The molecule has 4 saturated carbocycles. The van der Waals surface area contributed by atoms with E-state index in [1.165, 1.54) is 5.57 Å². The van der Waals surface area contributed by atoms with Crippen LogP contribution in [0.5, 0.6) is 0 Å². The van der Waals surface area contributed by atoms with Crippen molar-refractivity contribution in [2.45, 2.75) is 118 Å². The fourth-order valence-corrected chi connectivity index (χ4v) is 10.7. The molecule has 5 rings (SSSR count). The van der Waals surface area contributed by atoms with Crippen LogP contribution in [0.2, 0.25) is 0 Å². The normalized spacial score (nSPS) is 56.5. The van der Waals surface area contributed by atoms with Gasteiger partial charge in [-0.15, -0.1) is 0 Å². The number of rotatable bonds is 1. The van der Waals surface area contributed by atoms with Gasteiger partial charge >= 0.3 is 0 Å². The maximum atomic E-state index is 12.7. The van der Waals surface area contributed by atoms with E-state index in [0.29, 0.717) is 24.7 Å². The number of carbonyl (C=O) groups excluding carboxylic acids is 1. The van der Waals surface area contributed by atoms with Gasteiger partial charge in [0.15, 0.2) is 0 Å². The number of carbonyl (C=O) groups is 1. The molecule has 198 valence electrons. The Balaban J connectivity index is 1.64. The molecule has 0 aliphatic heterocycles. The van der Waals surface area contributed by atoms with E-state index in [1.54, 1.807) is 0 Å². The molecule has 35 heavy (non-hydrogen) atoms. The zero-order valence-corrected chi connectivity index (χ0v) is 22.8. The third kappa shape index (κ3) is 2.88. The minimum atomic E-state index is -1.36. The number of aliphatic hydroxyl groups excluding tert-OH is 4. The van der Waals surface area contributed by atoms with Crippen LogP contribution in [0.3, 0.4) is 0 Å². The molecular weight excluding hydrogens is 440 g/mol. The molecule has 0 aromatic carbocycles. The third-order valence-electron chi connectivity index (χ3n) is 13.2. The smallest absolute Gasteiger partial charge is 0.132 e. The van der Waals surface area contributed by atoms with Crippen molar-refractivity contribution in [1.29, 1.82) is 0 Å². The summed E-state index contributed by atoms with van der Waals surface area (Å²) in [5, 5.41) is 44.8. The fraction of sp³-hybridized carbons (Fsp3) is 0.900. The maximum absolute atomic E-state index is 12.7. The first kappa shape index (κ1) is 25.9. The van der Waals surface area contributed by atoms with Gasteiger partial charge in [-0.2, -0.15) is 0 Å². The largest absolute Gasteiger partial charge is 0.393 e. The molecule has 0 heterocycles. The second kappa shape index (κ2) is 7.42. The SMILES string of the molecule is CC1(C)CC2C3=CCC4C5(C)CCC(O)C(C)(C)C5CCC4(C)C3(C)CC(O)C2(C=O)C(O)C1O. The number of aldehydes is 1. The first-order chi connectivity index (χ1) is 16.0. The van der Waals surface area contributed by atoms with Gasteiger partial charge in [-0.05, 0) is 89.8 Å². The van der Waals surface area contributed by atoms with Crippen molar-refractivity contribution in [3.63, 3.8) is 0 Å². The van der Waals surface area contributed by atoms with E-state index in [1.807, 2.05) is 13.8 Å². The van der Waals surface area contributed by atoms with Gasteiger partial charge in [-0.1, -0.05) is 60.1 Å². The van der Waals surface area contributed by atoms with Gasteiger partial charge in [0.05, 0.1) is 29.8 Å². The third-order valence-corrected chi connectivity index (χ3v) is 13.2. The fourth-order valence-electron chi connectivity index (χ4n) is 10.7. The number of hydrogen-bond acceptors (Lipinski definition) is 5. The average molecular weight is 489 g/mol. The van der Waals surface area contributed by atoms with E-state index in [4.69, 9.17) is 0 Å². The maximum Gasteiger partial charge on any atom is 0.132 e. The van der Waals surface area contributed by atoms with Gasteiger partial charge in [-0.3, -0.25) is 0 Å². The van der Waals surface area contributed by atoms with Crippen LogP contribution in [0.4, 0.5) is 0 Å². The van der Waals surface area contributed by atoms with Crippen molar-refractivity contribution < 1.29 is 25.2 Å². The van der Waals surface area contributed by atoms with Crippen LogP contribution in [0.15, 0.2) is 11.6 Å². The summed E-state index contributed by atoms with van der Waals surface area (Å²) >= 11 is 0. The summed E-state index contributed by atoms with van der Waals surface area (Å²) in [6.07, 6.45) is 5.40. The van der Waals surface area contributed by atoms with Crippen molar-refractivity contribution >= 4 is 6.29 Å².